The van der Waals surface area contributed by atoms with Crippen molar-refractivity contribution < 1.29 is 4.79 Å². The van der Waals surface area contributed by atoms with Crippen molar-refractivity contribution in [3.8, 4) is 0 Å². The second-order valence-corrected chi connectivity index (χ2v) is 5.59. The maximum atomic E-state index is 11.7. The van der Waals surface area contributed by atoms with Gasteiger partial charge in [-0.3, -0.25) is 4.79 Å². The molecule has 0 saturated heterocycles. The summed E-state index contributed by atoms with van der Waals surface area (Å²) in [6, 6.07) is 8.34. The molecule has 0 radical (unpaired) electrons. The maximum Gasteiger partial charge on any atom is 0.223 e. The molecule has 1 fully saturated rings. The Bertz CT molecular complexity index is 574. The third-order valence-electron chi connectivity index (χ3n) is 3.86. The van der Waals surface area contributed by atoms with Crippen LogP contribution in [0.5, 0.6) is 0 Å². The molecule has 2 aromatic rings. The quantitative estimate of drug-likeness (QED) is 0.904. The molecule has 104 valence electrons. The summed E-state index contributed by atoms with van der Waals surface area (Å²) in [5.74, 6) is 1.00. The van der Waals surface area contributed by atoms with Gasteiger partial charge in [0, 0.05) is 31.4 Å². The number of carbonyl (C=O) groups is 1. The van der Waals surface area contributed by atoms with Crippen molar-refractivity contribution in [2.75, 3.05) is 0 Å². The molecule has 1 aliphatic rings. The summed E-state index contributed by atoms with van der Waals surface area (Å²) in [7, 11) is 0. The molecule has 1 saturated carbocycles. The van der Waals surface area contributed by atoms with Gasteiger partial charge in [-0.25, -0.2) is 4.98 Å². The van der Waals surface area contributed by atoms with Crippen LogP contribution in [0.1, 0.15) is 24.5 Å². The lowest BCUT2D eigenvalue weighted by Gasteiger charge is -2.07. The molecule has 1 aromatic carbocycles. The number of nitrogens with zero attached hydrogens (tertiary/aromatic N) is 2. The van der Waals surface area contributed by atoms with Crippen LogP contribution in [0.3, 0.4) is 0 Å². The van der Waals surface area contributed by atoms with E-state index in [1.165, 1.54) is 5.56 Å². The molecule has 1 aliphatic carbocycles. The molecule has 1 N–H and O–H groups in total. The number of nitrogens with one attached hydrogen (secondary N) is 1. The molecular weight excluding hydrogens is 250 g/mol. The topological polar surface area (TPSA) is 46.9 Å². The van der Waals surface area contributed by atoms with Crippen LogP contribution >= 0.6 is 0 Å². The Morgan fingerprint density at radius 2 is 2.05 bits per heavy atom. The number of carbonyl (C=O) groups excluding carboxylic acids is 1. The van der Waals surface area contributed by atoms with Crippen molar-refractivity contribution in [1.82, 2.24) is 14.9 Å². The van der Waals surface area contributed by atoms with Gasteiger partial charge >= 0.3 is 0 Å². The number of benzene rings is 1. The summed E-state index contributed by atoms with van der Waals surface area (Å²) < 4.78 is 2.03. The van der Waals surface area contributed by atoms with Crippen LogP contribution in [0.25, 0.3) is 0 Å². The van der Waals surface area contributed by atoms with E-state index in [9.17, 15) is 4.79 Å². The van der Waals surface area contributed by atoms with E-state index in [1.54, 1.807) is 6.20 Å². The molecule has 3 rings (SSSR count). The van der Waals surface area contributed by atoms with Crippen LogP contribution in [-0.4, -0.2) is 15.5 Å². The zero-order valence-electron chi connectivity index (χ0n) is 11.6. The monoisotopic (exact) mass is 269 g/mol. The van der Waals surface area contributed by atoms with Gasteiger partial charge in [-0.2, -0.15) is 0 Å². The lowest BCUT2D eigenvalue weighted by molar-refractivity contribution is -0.122. The lowest BCUT2D eigenvalue weighted by Crippen LogP contribution is -2.24. The Morgan fingerprint density at radius 3 is 2.65 bits per heavy atom. The Balaban J connectivity index is 1.52. The highest BCUT2D eigenvalue weighted by molar-refractivity contribution is 5.81. The van der Waals surface area contributed by atoms with Crippen LogP contribution in [-0.2, 0) is 17.9 Å². The number of imidazole rings is 1. The standard InChI is InChI=1S/C16H19N3O/c1-12-8-15(12)16(20)18-9-13-2-4-14(5-3-13)10-19-7-6-17-11-19/h2-7,11-12,15H,8-10H2,1H3,(H,18,20)/t12-,15-/m1/s1. The van der Waals surface area contributed by atoms with E-state index >= 15 is 0 Å². The van der Waals surface area contributed by atoms with E-state index in [2.05, 4.69) is 41.5 Å². The molecule has 1 heterocycles. The number of rotatable bonds is 5. The van der Waals surface area contributed by atoms with Gasteiger partial charge in [0.2, 0.25) is 5.91 Å². The first-order valence-corrected chi connectivity index (χ1v) is 7.03. The van der Waals surface area contributed by atoms with E-state index in [0.29, 0.717) is 12.5 Å². The van der Waals surface area contributed by atoms with Gasteiger partial charge in [-0.15, -0.1) is 0 Å². The summed E-state index contributed by atoms with van der Waals surface area (Å²) in [5, 5.41) is 3.00. The highest BCUT2D eigenvalue weighted by atomic mass is 16.2. The molecule has 0 unspecified atom stereocenters. The van der Waals surface area contributed by atoms with Gasteiger partial charge < -0.3 is 9.88 Å². The normalized spacial score (nSPS) is 20.6. The maximum absolute atomic E-state index is 11.7. The predicted octanol–water partition coefficient (Wildman–Crippen LogP) is 2.20. The first-order chi connectivity index (χ1) is 9.72. The molecule has 1 amide bonds. The molecule has 0 bridgehead atoms. The van der Waals surface area contributed by atoms with Gasteiger partial charge in [0.25, 0.3) is 0 Å². The third kappa shape index (κ3) is 3.07. The van der Waals surface area contributed by atoms with Crippen molar-refractivity contribution in [3.63, 3.8) is 0 Å². The van der Waals surface area contributed by atoms with Crippen LogP contribution in [0.4, 0.5) is 0 Å². The van der Waals surface area contributed by atoms with E-state index in [4.69, 9.17) is 0 Å². The van der Waals surface area contributed by atoms with Crippen LogP contribution in [0.15, 0.2) is 43.0 Å². The van der Waals surface area contributed by atoms with Crippen LogP contribution in [0.2, 0.25) is 0 Å². The van der Waals surface area contributed by atoms with Crippen LogP contribution in [0, 0.1) is 11.8 Å². The van der Waals surface area contributed by atoms with Crippen molar-refractivity contribution in [2.45, 2.75) is 26.4 Å². The number of amides is 1. The van der Waals surface area contributed by atoms with Crippen molar-refractivity contribution in [1.29, 1.82) is 0 Å². The number of hydrogen-bond acceptors (Lipinski definition) is 2. The minimum atomic E-state index is 0.194. The Labute approximate surface area is 118 Å². The van der Waals surface area contributed by atoms with Gasteiger partial charge in [0.1, 0.15) is 0 Å². The van der Waals surface area contributed by atoms with Crippen molar-refractivity contribution >= 4 is 5.91 Å². The minimum absolute atomic E-state index is 0.194. The average Bonchev–Trinajstić information content (AvgIpc) is 2.98. The lowest BCUT2D eigenvalue weighted by atomic mass is 10.1. The summed E-state index contributed by atoms with van der Waals surface area (Å²) in [5.41, 5.74) is 2.37. The second kappa shape index (κ2) is 5.49. The fraction of sp³-hybridized carbons (Fsp3) is 0.375. The number of hydrogen-bond donors (Lipinski definition) is 1. The highest BCUT2D eigenvalue weighted by Gasteiger charge is 2.38. The molecule has 2 atom stereocenters. The zero-order valence-corrected chi connectivity index (χ0v) is 11.6. The van der Waals surface area contributed by atoms with Gasteiger partial charge in [-0.1, -0.05) is 31.2 Å². The van der Waals surface area contributed by atoms with Gasteiger partial charge in [0.15, 0.2) is 0 Å². The largest absolute Gasteiger partial charge is 0.352 e. The smallest absolute Gasteiger partial charge is 0.223 e. The van der Waals surface area contributed by atoms with E-state index < -0.39 is 0 Å². The molecule has 0 spiro atoms. The van der Waals surface area contributed by atoms with Gasteiger partial charge in [0.05, 0.1) is 6.33 Å². The van der Waals surface area contributed by atoms with Crippen molar-refractivity contribution in [2.24, 2.45) is 11.8 Å². The molecular formula is C16H19N3O. The average molecular weight is 269 g/mol. The Hall–Kier alpha value is -2.10. The fourth-order valence-electron chi connectivity index (χ4n) is 2.36. The first-order valence-electron chi connectivity index (χ1n) is 7.03. The molecule has 0 aliphatic heterocycles. The van der Waals surface area contributed by atoms with Gasteiger partial charge in [-0.05, 0) is 23.5 Å². The highest BCUT2D eigenvalue weighted by Crippen LogP contribution is 2.37. The molecule has 4 nitrogen and oxygen atoms in total. The first kappa shape index (κ1) is 12.9. The summed E-state index contributed by atoms with van der Waals surface area (Å²) >= 11 is 0. The summed E-state index contributed by atoms with van der Waals surface area (Å²) in [6.45, 7) is 3.56. The third-order valence-corrected chi connectivity index (χ3v) is 3.86. The number of aromatic nitrogens is 2. The summed E-state index contributed by atoms with van der Waals surface area (Å²) in [4.78, 5) is 15.8. The fourth-order valence-corrected chi connectivity index (χ4v) is 2.36. The minimum Gasteiger partial charge on any atom is -0.352 e. The Morgan fingerprint density at radius 1 is 1.35 bits per heavy atom. The van der Waals surface area contributed by atoms with E-state index in [0.717, 1.165) is 18.5 Å². The van der Waals surface area contributed by atoms with Crippen molar-refractivity contribution in [3.05, 3.63) is 54.1 Å². The SMILES string of the molecule is C[C@@H]1C[C@H]1C(=O)NCc1ccc(Cn2ccnc2)cc1. The summed E-state index contributed by atoms with van der Waals surface area (Å²) in [6.07, 6.45) is 6.58. The van der Waals surface area contributed by atoms with Crippen LogP contribution < -0.4 is 5.32 Å². The molecule has 20 heavy (non-hydrogen) atoms. The van der Waals surface area contributed by atoms with E-state index in [-0.39, 0.29) is 11.8 Å². The zero-order chi connectivity index (χ0) is 13.9. The Kier molecular flexibility index (Phi) is 3.54. The predicted molar refractivity (Wildman–Crippen MR) is 76.9 cm³/mol. The molecule has 1 aromatic heterocycles. The second-order valence-electron chi connectivity index (χ2n) is 5.59. The molecule has 4 heteroatoms. The van der Waals surface area contributed by atoms with E-state index in [1.807, 2.05) is 17.1 Å².